The molecule has 1 aliphatic rings. The second-order valence-corrected chi connectivity index (χ2v) is 3.28. The minimum Gasteiger partial charge on any atom is -0.481 e. The van der Waals surface area contributed by atoms with E-state index in [4.69, 9.17) is 10.2 Å². The Morgan fingerprint density at radius 1 is 1.46 bits per heavy atom. The molecule has 0 amide bonds. The van der Waals surface area contributed by atoms with Crippen molar-refractivity contribution in [3.63, 3.8) is 0 Å². The molecule has 2 N–H and O–H groups in total. The number of alkyl halides is 3. The van der Waals surface area contributed by atoms with Crippen molar-refractivity contribution in [2.24, 2.45) is 5.41 Å². The lowest BCUT2D eigenvalue weighted by Crippen LogP contribution is -2.43. The SMILES string of the molecule is O=C(O)[C@]1(C(F)(F)F)CC[C@H](O)C1. The molecule has 0 aromatic heterocycles. The van der Waals surface area contributed by atoms with Crippen LogP contribution in [0.25, 0.3) is 0 Å². The fourth-order valence-corrected chi connectivity index (χ4v) is 1.59. The maximum Gasteiger partial charge on any atom is 0.405 e. The second kappa shape index (κ2) is 2.87. The van der Waals surface area contributed by atoms with E-state index in [0.717, 1.165) is 0 Å². The van der Waals surface area contributed by atoms with Crippen LogP contribution in [0.4, 0.5) is 13.2 Å². The highest BCUT2D eigenvalue weighted by Gasteiger charge is 2.63. The topological polar surface area (TPSA) is 57.5 Å². The number of rotatable bonds is 1. The highest BCUT2D eigenvalue weighted by molar-refractivity contribution is 5.76. The van der Waals surface area contributed by atoms with Gasteiger partial charge >= 0.3 is 12.1 Å². The highest BCUT2D eigenvalue weighted by atomic mass is 19.4. The van der Waals surface area contributed by atoms with Crippen LogP contribution in [-0.4, -0.2) is 28.5 Å². The monoisotopic (exact) mass is 198 g/mol. The molecule has 0 aliphatic heterocycles. The number of carboxylic acids is 1. The van der Waals surface area contributed by atoms with Gasteiger partial charge in [-0.15, -0.1) is 0 Å². The van der Waals surface area contributed by atoms with E-state index in [2.05, 4.69) is 0 Å². The Hall–Kier alpha value is -0.780. The lowest BCUT2D eigenvalue weighted by Gasteiger charge is -2.26. The van der Waals surface area contributed by atoms with E-state index >= 15 is 0 Å². The number of aliphatic hydroxyl groups is 1. The van der Waals surface area contributed by atoms with Crippen molar-refractivity contribution in [3.05, 3.63) is 0 Å². The van der Waals surface area contributed by atoms with E-state index in [1.54, 1.807) is 0 Å². The van der Waals surface area contributed by atoms with Crippen LogP contribution in [0.2, 0.25) is 0 Å². The Labute approximate surface area is 72.2 Å². The standard InChI is InChI=1S/C7H9F3O3/c8-7(9,10)6(5(12)13)2-1-4(11)3-6/h4,11H,1-3H2,(H,12,13)/t4-,6-/m0/s1. The summed E-state index contributed by atoms with van der Waals surface area (Å²) in [4.78, 5) is 10.5. The number of aliphatic hydroxyl groups excluding tert-OH is 1. The van der Waals surface area contributed by atoms with Crippen LogP contribution in [0, 0.1) is 5.41 Å². The molecule has 2 atom stereocenters. The molecule has 1 aliphatic carbocycles. The van der Waals surface area contributed by atoms with Crippen LogP contribution < -0.4 is 0 Å². The summed E-state index contributed by atoms with van der Waals surface area (Å²) >= 11 is 0. The van der Waals surface area contributed by atoms with Gasteiger partial charge in [-0.05, 0) is 19.3 Å². The van der Waals surface area contributed by atoms with Crippen molar-refractivity contribution in [3.8, 4) is 0 Å². The van der Waals surface area contributed by atoms with Gasteiger partial charge in [0.15, 0.2) is 5.41 Å². The molecule has 0 spiro atoms. The molecule has 0 saturated heterocycles. The molecular weight excluding hydrogens is 189 g/mol. The van der Waals surface area contributed by atoms with Gasteiger partial charge in [0.1, 0.15) is 0 Å². The predicted molar refractivity (Wildman–Crippen MR) is 36.0 cm³/mol. The van der Waals surface area contributed by atoms with Gasteiger partial charge in [0, 0.05) is 0 Å². The number of hydrogen-bond acceptors (Lipinski definition) is 2. The summed E-state index contributed by atoms with van der Waals surface area (Å²) in [5.41, 5.74) is -2.73. The maximum absolute atomic E-state index is 12.3. The third-order valence-corrected chi connectivity index (χ3v) is 2.44. The number of carbonyl (C=O) groups is 1. The molecular formula is C7H9F3O3. The molecule has 0 radical (unpaired) electrons. The molecule has 1 saturated carbocycles. The first kappa shape index (κ1) is 10.3. The van der Waals surface area contributed by atoms with Crippen molar-refractivity contribution in [1.29, 1.82) is 0 Å². The average molecular weight is 198 g/mol. The molecule has 0 bridgehead atoms. The smallest absolute Gasteiger partial charge is 0.405 e. The summed E-state index contributed by atoms with van der Waals surface area (Å²) in [5.74, 6) is -1.89. The van der Waals surface area contributed by atoms with E-state index in [1.165, 1.54) is 0 Å². The highest BCUT2D eigenvalue weighted by Crippen LogP contribution is 2.50. The summed E-state index contributed by atoms with van der Waals surface area (Å²) in [5, 5.41) is 17.4. The second-order valence-electron chi connectivity index (χ2n) is 3.28. The Morgan fingerprint density at radius 2 is 2.00 bits per heavy atom. The lowest BCUT2D eigenvalue weighted by molar-refractivity contribution is -0.231. The molecule has 3 nitrogen and oxygen atoms in total. The van der Waals surface area contributed by atoms with Gasteiger partial charge in [-0.3, -0.25) is 4.79 Å². The van der Waals surface area contributed by atoms with Crippen molar-refractivity contribution < 1.29 is 28.2 Å². The van der Waals surface area contributed by atoms with Crippen LogP contribution in [0.5, 0.6) is 0 Å². The molecule has 0 aromatic carbocycles. The lowest BCUT2D eigenvalue weighted by atomic mass is 9.85. The molecule has 0 aromatic rings. The van der Waals surface area contributed by atoms with E-state index in [-0.39, 0.29) is 6.42 Å². The van der Waals surface area contributed by atoms with Crippen molar-refractivity contribution in [2.45, 2.75) is 31.5 Å². The molecule has 13 heavy (non-hydrogen) atoms. The van der Waals surface area contributed by atoms with Crippen LogP contribution in [0.3, 0.4) is 0 Å². The molecule has 6 heteroatoms. The van der Waals surface area contributed by atoms with Gasteiger partial charge in [0.25, 0.3) is 0 Å². The Kier molecular flexibility index (Phi) is 2.27. The Morgan fingerprint density at radius 3 is 2.15 bits per heavy atom. The van der Waals surface area contributed by atoms with Crippen molar-refractivity contribution >= 4 is 5.97 Å². The molecule has 76 valence electrons. The van der Waals surface area contributed by atoms with Crippen LogP contribution in [0.15, 0.2) is 0 Å². The normalized spacial score (nSPS) is 34.9. The number of halogens is 3. The molecule has 1 fully saturated rings. The van der Waals surface area contributed by atoms with Crippen molar-refractivity contribution in [2.75, 3.05) is 0 Å². The van der Waals surface area contributed by atoms with Crippen molar-refractivity contribution in [1.82, 2.24) is 0 Å². The molecule has 1 rings (SSSR count). The number of carboxylic acid groups (broad SMARTS) is 1. The number of aliphatic carboxylic acids is 1. The van der Waals surface area contributed by atoms with E-state index < -0.39 is 36.5 Å². The minimum absolute atomic E-state index is 0.105. The summed E-state index contributed by atoms with van der Waals surface area (Å²) in [6.07, 6.45) is -7.31. The van der Waals surface area contributed by atoms with Gasteiger partial charge in [-0.1, -0.05) is 0 Å². The zero-order valence-electron chi connectivity index (χ0n) is 6.64. The zero-order chi connectivity index (χ0) is 10.3. The quantitative estimate of drug-likeness (QED) is 0.664. The van der Waals surface area contributed by atoms with Gasteiger partial charge in [0.05, 0.1) is 6.10 Å². The van der Waals surface area contributed by atoms with Gasteiger partial charge in [-0.25, -0.2) is 0 Å². The van der Waals surface area contributed by atoms with E-state index in [1.807, 2.05) is 0 Å². The van der Waals surface area contributed by atoms with E-state index in [0.29, 0.717) is 0 Å². The van der Waals surface area contributed by atoms with Gasteiger partial charge < -0.3 is 10.2 Å². The first-order valence-corrected chi connectivity index (χ1v) is 3.78. The largest absolute Gasteiger partial charge is 0.481 e. The summed E-state index contributed by atoms with van der Waals surface area (Å²) in [7, 11) is 0. The Bertz CT molecular complexity index is 226. The van der Waals surface area contributed by atoms with Gasteiger partial charge in [0.2, 0.25) is 0 Å². The zero-order valence-corrected chi connectivity index (χ0v) is 6.64. The average Bonchev–Trinajstić information content (AvgIpc) is 2.30. The third-order valence-electron chi connectivity index (χ3n) is 2.44. The third kappa shape index (κ3) is 1.50. The minimum atomic E-state index is -4.78. The summed E-state index contributed by atoms with van der Waals surface area (Å²) in [6, 6.07) is 0. The van der Waals surface area contributed by atoms with Crippen LogP contribution >= 0.6 is 0 Å². The van der Waals surface area contributed by atoms with E-state index in [9.17, 15) is 18.0 Å². The number of hydrogen-bond donors (Lipinski definition) is 2. The predicted octanol–water partition coefficient (Wildman–Crippen LogP) is 1.16. The van der Waals surface area contributed by atoms with Crippen LogP contribution in [-0.2, 0) is 4.79 Å². The molecule has 0 unspecified atom stereocenters. The molecule has 0 heterocycles. The maximum atomic E-state index is 12.3. The first-order chi connectivity index (χ1) is 5.79. The van der Waals surface area contributed by atoms with Crippen LogP contribution in [0.1, 0.15) is 19.3 Å². The Balaban J connectivity index is 2.97. The van der Waals surface area contributed by atoms with Gasteiger partial charge in [-0.2, -0.15) is 13.2 Å². The fourth-order valence-electron chi connectivity index (χ4n) is 1.59. The fraction of sp³-hybridized carbons (Fsp3) is 0.857. The summed E-state index contributed by atoms with van der Waals surface area (Å²) < 4.78 is 37.0. The first-order valence-electron chi connectivity index (χ1n) is 3.78. The summed E-state index contributed by atoms with van der Waals surface area (Å²) in [6.45, 7) is 0.